The summed E-state index contributed by atoms with van der Waals surface area (Å²) in [4.78, 5) is 22.9. The van der Waals surface area contributed by atoms with E-state index in [1.807, 2.05) is 30.3 Å². The molecule has 0 saturated heterocycles. The van der Waals surface area contributed by atoms with Gasteiger partial charge in [0, 0.05) is 11.8 Å². The molecule has 3 nitrogen and oxygen atoms in total. The lowest BCUT2D eigenvalue weighted by Gasteiger charge is -2.33. The lowest BCUT2D eigenvalue weighted by molar-refractivity contribution is -0.143. The number of carboxylic acids is 1. The lowest BCUT2D eigenvalue weighted by atomic mass is 9.68. The Labute approximate surface area is 105 Å². The molecule has 1 N–H and O–H groups in total. The first-order valence-electron chi connectivity index (χ1n) is 6.17. The van der Waals surface area contributed by atoms with Crippen molar-refractivity contribution in [2.75, 3.05) is 0 Å². The molecule has 3 heteroatoms. The van der Waals surface area contributed by atoms with Gasteiger partial charge in [-0.1, -0.05) is 30.3 Å². The summed E-state index contributed by atoms with van der Waals surface area (Å²) in [5.74, 6) is -1.13. The monoisotopic (exact) mass is 242 g/mol. The van der Waals surface area contributed by atoms with Crippen LogP contribution in [0.1, 0.15) is 24.0 Å². The smallest absolute Gasteiger partial charge is 0.308 e. The first kappa shape index (κ1) is 11.2. The number of hydrogen-bond acceptors (Lipinski definition) is 2. The molecule has 3 rings (SSSR count). The minimum absolute atomic E-state index is 0.0918. The van der Waals surface area contributed by atoms with E-state index in [-0.39, 0.29) is 5.78 Å². The standard InChI is InChI=1S/C15H14O3/c16-11-5-7-15(8-6-11)12-4-2-1-3-10(12)9-13(15)14(17)18/h1-5,7,13H,6,8-9H2,(H,17,18)/t13-,15-/m1/s1. The van der Waals surface area contributed by atoms with Gasteiger partial charge in [-0.2, -0.15) is 0 Å². The van der Waals surface area contributed by atoms with Crippen molar-refractivity contribution in [2.45, 2.75) is 24.7 Å². The van der Waals surface area contributed by atoms with E-state index in [4.69, 9.17) is 0 Å². The van der Waals surface area contributed by atoms with Crippen LogP contribution in [0.2, 0.25) is 0 Å². The Bertz CT molecular complexity index is 559. The van der Waals surface area contributed by atoms with Gasteiger partial charge in [0.2, 0.25) is 0 Å². The molecule has 18 heavy (non-hydrogen) atoms. The van der Waals surface area contributed by atoms with Crippen molar-refractivity contribution in [1.29, 1.82) is 0 Å². The third kappa shape index (κ3) is 1.43. The summed E-state index contributed by atoms with van der Waals surface area (Å²) in [6.07, 6.45) is 4.99. The lowest BCUT2D eigenvalue weighted by Crippen LogP contribution is -2.37. The van der Waals surface area contributed by atoms with Crippen molar-refractivity contribution in [3.05, 3.63) is 47.5 Å². The molecule has 2 atom stereocenters. The molecular formula is C15H14O3. The van der Waals surface area contributed by atoms with Crippen LogP contribution in [0.5, 0.6) is 0 Å². The fourth-order valence-electron chi connectivity index (χ4n) is 3.30. The van der Waals surface area contributed by atoms with Crippen molar-refractivity contribution >= 4 is 11.8 Å². The highest BCUT2D eigenvalue weighted by molar-refractivity contribution is 5.92. The van der Waals surface area contributed by atoms with E-state index in [2.05, 4.69) is 0 Å². The summed E-state index contributed by atoms with van der Waals surface area (Å²) in [7, 11) is 0. The molecule has 0 unspecified atom stereocenters. The zero-order chi connectivity index (χ0) is 12.8. The van der Waals surface area contributed by atoms with Gasteiger partial charge in [-0.25, -0.2) is 0 Å². The number of aliphatic carboxylic acids is 1. The Balaban J connectivity index is 2.17. The number of carbonyl (C=O) groups is 2. The van der Waals surface area contributed by atoms with E-state index in [0.717, 1.165) is 11.1 Å². The highest BCUT2D eigenvalue weighted by atomic mass is 16.4. The number of carbonyl (C=O) groups excluding carboxylic acids is 1. The SMILES string of the molecule is O=C1C=C[C@@]2(CC1)c1ccccc1C[C@@H]2C(=O)O. The van der Waals surface area contributed by atoms with Crippen molar-refractivity contribution in [3.8, 4) is 0 Å². The van der Waals surface area contributed by atoms with Gasteiger partial charge in [0.25, 0.3) is 0 Å². The summed E-state index contributed by atoms with van der Waals surface area (Å²) >= 11 is 0. The van der Waals surface area contributed by atoms with E-state index < -0.39 is 17.3 Å². The van der Waals surface area contributed by atoms with Crippen molar-refractivity contribution in [3.63, 3.8) is 0 Å². The number of benzene rings is 1. The Hall–Kier alpha value is -1.90. The Morgan fingerprint density at radius 2 is 2.11 bits per heavy atom. The van der Waals surface area contributed by atoms with Crippen LogP contribution in [0.3, 0.4) is 0 Å². The number of allylic oxidation sites excluding steroid dienone is 2. The first-order chi connectivity index (χ1) is 8.63. The highest BCUT2D eigenvalue weighted by Gasteiger charge is 2.49. The van der Waals surface area contributed by atoms with Gasteiger partial charge in [-0.15, -0.1) is 0 Å². The van der Waals surface area contributed by atoms with Crippen LogP contribution in [-0.2, 0) is 21.4 Å². The summed E-state index contributed by atoms with van der Waals surface area (Å²) in [6.45, 7) is 0. The van der Waals surface area contributed by atoms with E-state index >= 15 is 0 Å². The predicted octanol–water partition coefficient (Wildman–Crippen LogP) is 2.10. The topological polar surface area (TPSA) is 54.4 Å². The molecular weight excluding hydrogens is 228 g/mol. The van der Waals surface area contributed by atoms with E-state index in [1.54, 1.807) is 6.08 Å². The maximum atomic E-state index is 11.5. The van der Waals surface area contributed by atoms with E-state index in [0.29, 0.717) is 19.3 Å². The molecule has 1 spiro atoms. The Kier molecular flexibility index (Phi) is 2.37. The second-order valence-electron chi connectivity index (χ2n) is 5.09. The molecule has 0 saturated carbocycles. The molecule has 1 aromatic rings. The largest absolute Gasteiger partial charge is 0.481 e. The molecule has 0 heterocycles. The highest BCUT2D eigenvalue weighted by Crippen LogP contribution is 2.49. The van der Waals surface area contributed by atoms with Crippen LogP contribution >= 0.6 is 0 Å². The third-order valence-electron chi connectivity index (χ3n) is 4.21. The van der Waals surface area contributed by atoms with Crippen LogP contribution in [-0.4, -0.2) is 16.9 Å². The van der Waals surface area contributed by atoms with Gasteiger partial charge in [0.05, 0.1) is 5.92 Å². The van der Waals surface area contributed by atoms with Crippen molar-refractivity contribution in [1.82, 2.24) is 0 Å². The average Bonchev–Trinajstić information content (AvgIpc) is 2.69. The van der Waals surface area contributed by atoms with Gasteiger partial charge in [-0.05, 0) is 30.0 Å². The normalized spacial score (nSPS) is 29.6. The first-order valence-corrected chi connectivity index (χ1v) is 6.17. The molecule has 2 aliphatic carbocycles. The molecule has 0 bridgehead atoms. The van der Waals surface area contributed by atoms with Crippen LogP contribution in [0.25, 0.3) is 0 Å². The number of fused-ring (bicyclic) bond motifs is 2. The minimum atomic E-state index is -0.773. The Morgan fingerprint density at radius 3 is 2.78 bits per heavy atom. The molecule has 0 fully saturated rings. The van der Waals surface area contributed by atoms with Gasteiger partial charge < -0.3 is 5.11 Å². The van der Waals surface area contributed by atoms with Crippen LogP contribution in [0, 0.1) is 5.92 Å². The zero-order valence-corrected chi connectivity index (χ0v) is 9.93. The number of hydrogen-bond donors (Lipinski definition) is 1. The maximum absolute atomic E-state index is 11.5. The second-order valence-corrected chi connectivity index (χ2v) is 5.09. The summed E-state index contributed by atoms with van der Waals surface area (Å²) in [6, 6.07) is 7.87. The molecule has 92 valence electrons. The fraction of sp³-hybridized carbons (Fsp3) is 0.333. The minimum Gasteiger partial charge on any atom is -0.481 e. The van der Waals surface area contributed by atoms with Crippen molar-refractivity contribution in [2.24, 2.45) is 5.92 Å². The molecule has 0 amide bonds. The molecule has 2 aliphatic rings. The average molecular weight is 242 g/mol. The molecule has 0 radical (unpaired) electrons. The fourth-order valence-corrected chi connectivity index (χ4v) is 3.30. The Morgan fingerprint density at radius 1 is 1.33 bits per heavy atom. The second kappa shape index (κ2) is 3.80. The van der Waals surface area contributed by atoms with Crippen molar-refractivity contribution < 1.29 is 14.7 Å². The number of carboxylic acid groups (broad SMARTS) is 1. The summed E-state index contributed by atoms with van der Waals surface area (Å²) in [5.41, 5.74) is 1.71. The summed E-state index contributed by atoms with van der Waals surface area (Å²) < 4.78 is 0. The molecule has 1 aromatic carbocycles. The third-order valence-corrected chi connectivity index (χ3v) is 4.21. The van der Waals surface area contributed by atoms with Crippen LogP contribution in [0.15, 0.2) is 36.4 Å². The molecule has 0 aliphatic heterocycles. The van der Waals surface area contributed by atoms with Gasteiger partial charge in [-0.3, -0.25) is 9.59 Å². The van der Waals surface area contributed by atoms with E-state index in [9.17, 15) is 14.7 Å². The zero-order valence-electron chi connectivity index (χ0n) is 9.93. The number of ketones is 1. The summed E-state index contributed by atoms with van der Waals surface area (Å²) in [5, 5.41) is 9.45. The van der Waals surface area contributed by atoms with Gasteiger partial charge >= 0.3 is 5.97 Å². The van der Waals surface area contributed by atoms with Crippen LogP contribution in [0.4, 0.5) is 0 Å². The predicted molar refractivity (Wildman–Crippen MR) is 66.3 cm³/mol. The number of rotatable bonds is 1. The van der Waals surface area contributed by atoms with E-state index in [1.165, 1.54) is 0 Å². The maximum Gasteiger partial charge on any atom is 0.308 e. The molecule has 0 aromatic heterocycles. The van der Waals surface area contributed by atoms with Gasteiger partial charge in [0.1, 0.15) is 0 Å². The van der Waals surface area contributed by atoms with Crippen LogP contribution < -0.4 is 0 Å². The quantitative estimate of drug-likeness (QED) is 0.820. The van der Waals surface area contributed by atoms with Gasteiger partial charge in [0.15, 0.2) is 5.78 Å².